The average molecular weight is 261 g/mol. The monoisotopic (exact) mass is 261 g/mol. The molecule has 1 unspecified atom stereocenters. The van der Waals surface area contributed by atoms with Crippen molar-refractivity contribution in [2.75, 3.05) is 24.6 Å². The van der Waals surface area contributed by atoms with E-state index in [2.05, 4.69) is 36.9 Å². The molecule has 0 aliphatic carbocycles. The molecule has 2 rings (SSSR count). The topological polar surface area (TPSA) is 29.5 Å². The van der Waals surface area contributed by atoms with Crippen molar-refractivity contribution < 1.29 is 9.53 Å². The van der Waals surface area contributed by atoms with E-state index < -0.39 is 0 Å². The van der Waals surface area contributed by atoms with E-state index >= 15 is 0 Å². The van der Waals surface area contributed by atoms with E-state index in [1.165, 1.54) is 16.8 Å². The van der Waals surface area contributed by atoms with Crippen LogP contribution in [0, 0.1) is 19.8 Å². The second kappa shape index (κ2) is 6.09. The largest absolute Gasteiger partial charge is 0.466 e. The van der Waals surface area contributed by atoms with E-state index in [1.807, 2.05) is 6.92 Å². The zero-order valence-corrected chi connectivity index (χ0v) is 12.1. The third kappa shape index (κ3) is 3.72. The number of hydrogen-bond donors (Lipinski definition) is 0. The fraction of sp³-hybridized carbons (Fsp3) is 0.562. The summed E-state index contributed by atoms with van der Waals surface area (Å²) in [5, 5.41) is 0. The van der Waals surface area contributed by atoms with Gasteiger partial charge in [-0.15, -0.1) is 0 Å². The third-order valence-corrected chi connectivity index (χ3v) is 3.62. The lowest BCUT2D eigenvalue weighted by Crippen LogP contribution is -2.21. The number of esters is 1. The Labute approximate surface area is 115 Å². The van der Waals surface area contributed by atoms with Gasteiger partial charge >= 0.3 is 5.97 Å². The molecule has 1 aromatic rings. The van der Waals surface area contributed by atoms with Crippen LogP contribution >= 0.6 is 0 Å². The van der Waals surface area contributed by atoms with E-state index in [1.54, 1.807) is 0 Å². The summed E-state index contributed by atoms with van der Waals surface area (Å²) in [6.45, 7) is 8.58. The van der Waals surface area contributed by atoms with Gasteiger partial charge in [-0.05, 0) is 56.4 Å². The van der Waals surface area contributed by atoms with Crippen molar-refractivity contribution in [2.24, 2.45) is 5.92 Å². The Hall–Kier alpha value is -1.51. The molecule has 104 valence electrons. The molecule has 0 aromatic heterocycles. The van der Waals surface area contributed by atoms with Crippen LogP contribution in [0.3, 0.4) is 0 Å². The van der Waals surface area contributed by atoms with Crippen LogP contribution < -0.4 is 4.90 Å². The number of ether oxygens (including phenoxy) is 1. The number of carbonyl (C=O) groups excluding carboxylic acids is 1. The van der Waals surface area contributed by atoms with Crippen LogP contribution in [0.15, 0.2) is 18.2 Å². The number of nitrogens with zero attached hydrogens (tertiary/aromatic N) is 1. The Morgan fingerprint density at radius 2 is 2.00 bits per heavy atom. The quantitative estimate of drug-likeness (QED) is 0.780. The predicted molar refractivity (Wildman–Crippen MR) is 77.5 cm³/mol. The van der Waals surface area contributed by atoms with Gasteiger partial charge in [0, 0.05) is 18.8 Å². The van der Waals surface area contributed by atoms with Gasteiger partial charge in [-0.1, -0.05) is 6.07 Å². The first kappa shape index (κ1) is 13.9. The normalized spacial score (nSPS) is 18.7. The minimum atomic E-state index is -0.0604. The third-order valence-electron chi connectivity index (χ3n) is 3.62. The van der Waals surface area contributed by atoms with Crippen molar-refractivity contribution in [3.8, 4) is 0 Å². The standard InChI is InChI=1S/C16H23NO2/c1-4-19-16(18)10-14-5-6-17(11-14)15-8-12(2)7-13(3)9-15/h7-9,14H,4-6,10-11H2,1-3H3. The van der Waals surface area contributed by atoms with Crippen LogP contribution in [-0.2, 0) is 9.53 Å². The molecule has 1 atom stereocenters. The smallest absolute Gasteiger partial charge is 0.306 e. The zero-order valence-electron chi connectivity index (χ0n) is 12.1. The maximum absolute atomic E-state index is 11.5. The molecule has 1 saturated heterocycles. The second-order valence-electron chi connectivity index (χ2n) is 5.46. The number of hydrogen-bond acceptors (Lipinski definition) is 3. The molecule has 1 aliphatic rings. The highest BCUT2D eigenvalue weighted by atomic mass is 16.5. The molecule has 0 N–H and O–H groups in total. The molecule has 19 heavy (non-hydrogen) atoms. The Kier molecular flexibility index (Phi) is 4.46. The predicted octanol–water partition coefficient (Wildman–Crippen LogP) is 3.08. The summed E-state index contributed by atoms with van der Waals surface area (Å²) >= 11 is 0. The zero-order chi connectivity index (χ0) is 13.8. The van der Waals surface area contributed by atoms with Crippen molar-refractivity contribution >= 4 is 11.7 Å². The highest BCUT2D eigenvalue weighted by Crippen LogP contribution is 2.27. The van der Waals surface area contributed by atoms with Crippen molar-refractivity contribution in [2.45, 2.75) is 33.6 Å². The van der Waals surface area contributed by atoms with Crippen LogP contribution in [0.4, 0.5) is 5.69 Å². The number of aryl methyl sites for hydroxylation is 2. The number of benzene rings is 1. The van der Waals surface area contributed by atoms with Gasteiger partial charge in [0.1, 0.15) is 0 Å². The molecule has 0 saturated carbocycles. The van der Waals surface area contributed by atoms with Gasteiger partial charge in [-0.25, -0.2) is 0 Å². The van der Waals surface area contributed by atoms with E-state index in [9.17, 15) is 4.79 Å². The highest BCUT2D eigenvalue weighted by molar-refractivity contribution is 5.70. The Morgan fingerprint density at radius 3 is 2.63 bits per heavy atom. The average Bonchev–Trinajstić information content (AvgIpc) is 2.76. The molecule has 1 fully saturated rings. The molecular weight excluding hydrogens is 238 g/mol. The lowest BCUT2D eigenvalue weighted by atomic mass is 10.1. The van der Waals surface area contributed by atoms with E-state index in [0.717, 1.165) is 19.5 Å². The molecule has 3 heteroatoms. The summed E-state index contributed by atoms with van der Waals surface area (Å²) in [4.78, 5) is 13.9. The van der Waals surface area contributed by atoms with E-state index in [4.69, 9.17) is 4.74 Å². The summed E-state index contributed by atoms with van der Waals surface area (Å²) in [5.41, 5.74) is 3.87. The minimum absolute atomic E-state index is 0.0604. The SMILES string of the molecule is CCOC(=O)CC1CCN(c2cc(C)cc(C)c2)C1. The molecule has 1 aromatic carbocycles. The maximum atomic E-state index is 11.5. The summed E-state index contributed by atoms with van der Waals surface area (Å²) in [7, 11) is 0. The van der Waals surface area contributed by atoms with Gasteiger partial charge in [0.15, 0.2) is 0 Å². The second-order valence-corrected chi connectivity index (χ2v) is 5.46. The molecule has 0 bridgehead atoms. The van der Waals surface area contributed by atoms with Gasteiger partial charge in [0.25, 0.3) is 0 Å². The van der Waals surface area contributed by atoms with Gasteiger partial charge in [0.2, 0.25) is 0 Å². The van der Waals surface area contributed by atoms with Crippen molar-refractivity contribution in [1.29, 1.82) is 0 Å². The van der Waals surface area contributed by atoms with Crippen LogP contribution in [0.1, 0.15) is 30.9 Å². The molecule has 1 heterocycles. The van der Waals surface area contributed by atoms with Crippen molar-refractivity contribution in [3.63, 3.8) is 0 Å². The Bertz CT molecular complexity index is 436. The summed E-state index contributed by atoms with van der Waals surface area (Å²) < 4.78 is 5.03. The summed E-state index contributed by atoms with van der Waals surface area (Å²) in [5.74, 6) is 0.370. The van der Waals surface area contributed by atoms with Gasteiger partial charge in [0.05, 0.1) is 13.0 Å². The fourth-order valence-corrected chi connectivity index (χ4v) is 2.82. The first-order chi connectivity index (χ1) is 9.08. The molecule has 1 aliphatic heterocycles. The molecule has 3 nitrogen and oxygen atoms in total. The van der Waals surface area contributed by atoms with Crippen LogP contribution in [-0.4, -0.2) is 25.7 Å². The summed E-state index contributed by atoms with van der Waals surface area (Å²) in [6, 6.07) is 6.63. The first-order valence-corrected chi connectivity index (χ1v) is 7.07. The van der Waals surface area contributed by atoms with Crippen LogP contribution in [0.2, 0.25) is 0 Å². The van der Waals surface area contributed by atoms with Crippen molar-refractivity contribution in [3.05, 3.63) is 29.3 Å². The lowest BCUT2D eigenvalue weighted by Gasteiger charge is -2.20. The van der Waals surface area contributed by atoms with Crippen LogP contribution in [0.5, 0.6) is 0 Å². The van der Waals surface area contributed by atoms with Gasteiger partial charge in [-0.3, -0.25) is 4.79 Å². The number of rotatable bonds is 4. The van der Waals surface area contributed by atoms with E-state index in [0.29, 0.717) is 18.9 Å². The fourth-order valence-electron chi connectivity index (χ4n) is 2.82. The molecule has 0 radical (unpaired) electrons. The first-order valence-electron chi connectivity index (χ1n) is 7.07. The van der Waals surface area contributed by atoms with Crippen molar-refractivity contribution in [1.82, 2.24) is 0 Å². The number of carbonyl (C=O) groups is 1. The van der Waals surface area contributed by atoms with Gasteiger partial charge in [-0.2, -0.15) is 0 Å². The van der Waals surface area contributed by atoms with Crippen LogP contribution in [0.25, 0.3) is 0 Å². The lowest BCUT2D eigenvalue weighted by molar-refractivity contribution is -0.144. The Morgan fingerprint density at radius 1 is 1.32 bits per heavy atom. The molecule has 0 spiro atoms. The van der Waals surface area contributed by atoms with Gasteiger partial charge < -0.3 is 9.64 Å². The molecular formula is C16H23NO2. The minimum Gasteiger partial charge on any atom is -0.466 e. The maximum Gasteiger partial charge on any atom is 0.306 e. The Balaban J connectivity index is 1.96. The number of anilines is 1. The van der Waals surface area contributed by atoms with E-state index in [-0.39, 0.29) is 5.97 Å². The highest BCUT2D eigenvalue weighted by Gasteiger charge is 2.25. The molecule has 0 amide bonds. The summed E-state index contributed by atoms with van der Waals surface area (Å²) in [6.07, 6.45) is 1.63.